The molecular weight excluding hydrogens is 346 g/mol. The molecule has 0 atom stereocenters. The lowest BCUT2D eigenvalue weighted by atomic mass is 10.1. The Hall–Kier alpha value is -2.14. The molecule has 138 valence electrons. The van der Waals surface area contributed by atoms with Crippen LogP contribution in [0.15, 0.2) is 47.4 Å². The average Bonchev–Trinajstić information content (AvgIpc) is 3.10. The minimum Gasteiger partial charge on any atom is -0.324 e. The third kappa shape index (κ3) is 3.05. The van der Waals surface area contributed by atoms with Gasteiger partial charge in [-0.2, -0.15) is 0 Å². The number of aryl methyl sites for hydroxylation is 3. The molecule has 0 bridgehead atoms. The molecule has 3 rings (SSSR count). The molecule has 0 saturated heterocycles. The molecule has 5 heteroatoms. The van der Waals surface area contributed by atoms with E-state index in [0.717, 1.165) is 24.0 Å². The molecule has 1 N–H and O–H groups in total. The van der Waals surface area contributed by atoms with E-state index >= 15 is 0 Å². The first kappa shape index (κ1) is 18.6. The number of carbonyl (C=O) groups is 1. The molecule has 0 spiro atoms. The molecule has 1 fully saturated rings. The van der Waals surface area contributed by atoms with Crippen LogP contribution in [-0.2, 0) is 14.6 Å². The summed E-state index contributed by atoms with van der Waals surface area (Å²) in [6.45, 7) is 5.55. The number of para-hydroxylation sites is 1. The Morgan fingerprint density at radius 2 is 1.62 bits per heavy atom. The Bertz CT molecular complexity index is 941. The van der Waals surface area contributed by atoms with Crippen LogP contribution < -0.4 is 5.32 Å². The predicted molar refractivity (Wildman–Crippen MR) is 104 cm³/mol. The maximum Gasteiger partial charge on any atom is 0.246 e. The zero-order valence-corrected chi connectivity index (χ0v) is 16.3. The van der Waals surface area contributed by atoms with E-state index in [1.165, 1.54) is 0 Å². The summed E-state index contributed by atoms with van der Waals surface area (Å²) in [5, 5.41) is 2.88. The summed E-state index contributed by atoms with van der Waals surface area (Å²) in [6.07, 6.45) is 2.21. The minimum absolute atomic E-state index is 0.277. The second kappa shape index (κ2) is 6.88. The molecule has 0 heterocycles. The Labute approximate surface area is 155 Å². The van der Waals surface area contributed by atoms with Gasteiger partial charge in [0, 0.05) is 5.69 Å². The number of rotatable bonds is 4. The fourth-order valence-corrected chi connectivity index (χ4v) is 6.10. The number of benzene rings is 2. The van der Waals surface area contributed by atoms with Crippen molar-refractivity contribution in [2.45, 2.75) is 56.1 Å². The van der Waals surface area contributed by atoms with Gasteiger partial charge < -0.3 is 5.32 Å². The Morgan fingerprint density at radius 1 is 0.962 bits per heavy atom. The van der Waals surface area contributed by atoms with E-state index in [1.807, 2.05) is 44.2 Å². The Kier molecular flexibility index (Phi) is 4.93. The van der Waals surface area contributed by atoms with E-state index in [9.17, 15) is 13.2 Å². The average molecular weight is 372 g/mol. The van der Waals surface area contributed by atoms with Gasteiger partial charge >= 0.3 is 0 Å². The molecule has 1 aliphatic carbocycles. The molecule has 0 aromatic heterocycles. The van der Waals surface area contributed by atoms with Crippen molar-refractivity contribution in [2.75, 3.05) is 5.32 Å². The first-order chi connectivity index (χ1) is 12.3. The minimum atomic E-state index is -3.80. The molecule has 1 saturated carbocycles. The highest BCUT2D eigenvalue weighted by molar-refractivity contribution is 7.93. The largest absolute Gasteiger partial charge is 0.324 e. The summed E-state index contributed by atoms with van der Waals surface area (Å²) in [6, 6.07) is 12.8. The maximum absolute atomic E-state index is 13.6. The van der Waals surface area contributed by atoms with Gasteiger partial charge in [-0.3, -0.25) is 4.79 Å². The lowest BCUT2D eigenvalue weighted by molar-refractivity contribution is -0.118. The van der Waals surface area contributed by atoms with E-state index in [0.29, 0.717) is 24.1 Å². The molecule has 1 aliphatic rings. The number of amides is 1. The van der Waals surface area contributed by atoms with Gasteiger partial charge in [-0.05, 0) is 62.4 Å². The summed E-state index contributed by atoms with van der Waals surface area (Å²) < 4.78 is 25.8. The summed E-state index contributed by atoms with van der Waals surface area (Å²) in [5.74, 6) is -0.412. The number of anilines is 1. The second-order valence-electron chi connectivity index (χ2n) is 7.24. The number of sulfone groups is 1. The van der Waals surface area contributed by atoms with Crippen molar-refractivity contribution in [1.82, 2.24) is 0 Å². The molecular formula is C21H25NO3S. The third-order valence-corrected chi connectivity index (χ3v) is 8.01. The Morgan fingerprint density at radius 3 is 2.27 bits per heavy atom. The summed E-state index contributed by atoms with van der Waals surface area (Å²) in [4.78, 5) is 13.5. The van der Waals surface area contributed by atoms with Gasteiger partial charge in [0.15, 0.2) is 14.6 Å². The zero-order chi connectivity index (χ0) is 18.9. The van der Waals surface area contributed by atoms with Crippen LogP contribution in [-0.4, -0.2) is 19.1 Å². The third-order valence-electron chi connectivity index (χ3n) is 5.37. The van der Waals surface area contributed by atoms with Crippen LogP contribution in [0.4, 0.5) is 5.69 Å². The van der Waals surface area contributed by atoms with Gasteiger partial charge in [-0.1, -0.05) is 43.2 Å². The number of nitrogens with one attached hydrogen (secondary N) is 1. The monoisotopic (exact) mass is 371 g/mol. The predicted octanol–water partition coefficient (Wildman–Crippen LogP) is 4.34. The van der Waals surface area contributed by atoms with Crippen molar-refractivity contribution in [3.63, 3.8) is 0 Å². The van der Waals surface area contributed by atoms with Crippen molar-refractivity contribution in [1.29, 1.82) is 0 Å². The number of hydrogen-bond acceptors (Lipinski definition) is 3. The molecule has 2 aromatic rings. The van der Waals surface area contributed by atoms with Gasteiger partial charge in [0.2, 0.25) is 5.91 Å². The van der Waals surface area contributed by atoms with Crippen LogP contribution in [0.5, 0.6) is 0 Å². The normalized spacial score (nSPS) is 16.4. The Balaban J connectivity index is 2.06. The zero-order valence-electron chi connectivity index (χ0n) is 15.5. The highest BCUT2D eigenvalue weighted by atomic mass is 32.2. The summed E-state index contributed by atoms with van der Waals surface area (Å²) in [5.41, 5.74) is 3.14. The van der Waals surface area contributed by atoms with Gasteiger partial charge in [-0.15, -0.1) is 0 Å². The van der Waals surface area contributed by atoms with Gasteiger partial charge in [0.1, 0.15) is 0 Å². The van der Waals surface area contributed by atoms with Crippen molar-refractivity contribution < 1.29 is 13.2 Å². The van der Waals surface area contributed by atoms with Crippen molar-refractivity contribution in [3.05, 3.63) is 59.2 Å². The summed E-state index contributed by atoms with van der Waals surface area (Å²) >= 11 is 0. The molecule has 0 unspecified atom stereocenters. The van der Waals surface area contributed by atoms with Crippen molar-refractivity contribution in [2.24, 2.45) is 0 Å². The molecule has 0 aliphatic heterocycles. The van der Waals surface area contributed by atoms with Crippen LogP contribution >= 0.6 is 0 Å². The topological polar surface area (TPSA) is 63.2 Å². The van der Waals surface area contributed by atoms with E-state index in [2.05, 4.69) is 5.32 Å². The SMILES string of the molecule is Cc1ccc(C)c(S(=O)(=O)C2(C(=O)Nc3ccccc3C)CCCC2)c1. The van der Waals surface area contributed by atoms with Crippen LogP contribution in [0, 0.1) is 20.8 Å². The number of hydrogen-bond donors (Lipinski definition) is 1. The second-order valence-corrected chi connectivity index (χ2v) is 9.47. The first-order valence-electron chi connectivity index (χ1n) is 8.97. The van der Waals surface area contributed by atoms with Crippen LogP contribution in [0.2, 0.25) is 0 Å². The maximum atomic E-state index is 13.6. The molecule has 2 aromatic carbocycles. The van der Waals surface area contributed by atoms with Crippen LogP contribution in [0.25, 0.3) is 0 Å². The fourth-order valence-electron chi connectivity index (χ4n) is 3.72. The van der Waals surface area contributed by atoms with Crippen LogP contribution in [0.3, 0.4) is 0 Å². The quantitative estimate of drug-likeness (QED) is 0.870. The van der Waals surface area contributed by atoms with E-state index < -0.39 is 20.5 Å². The standard InChI is InChI=1S/C21H25NO3S/c1-15-10-11-17(3)19(14-15)26(24,25)21(12-6-7-13-21)20(23)22-18-9-5-4-8-16(18)2/h4-5,8-11,14H,6-7,12-13H2,1-3H3,(H,22,23). The van der Waals surface area contributed by atoms with Crippen molar-refractivity contribution >= 4 is 21.4 Å². The van der Waals surface area contributed by atoms with Gasteiger partial charge in [0.05, 0.1) is 4.90 Å². The highest BCUT2D eigenvalue weighted by Crippen LogP contribution is 2.42. The van der Waals surface area contributed by atoms with Crippen LogP contribution in [0.1, 0.15) is 42.4 Å². The molecule has 1 amide bonds. The van der Waals surface area contributed by atoms with E-state index in [-0.39, 0.29) is 4.90 Å². The van der Waals surface area contributed by atoms with Crippen molar-refractivity contribution in [3.8, 4) is 0 Å². The van der Waals surface area contributed by atoms with Gasteiger partial charge in [-0.25, -0.2) is 8.42 Å². The first-order valence-corrected chi connectivity index (χ1v) is 10.5. The lowest BCUT2D eigenvalue weighted by Gasteiger charge is -2.29. The summed E-state index contributed by atoms with van der Waals surface area (Å²) in [7, 11) is -3.80. The van der Waals surface area contributed by atoms with E-state index in [1.54, 1.807) is 19.1 Å². The van der Waals surface area contributed by atoms with Gasteiger partial charge in [0.25, 0.3) is 0 Å². The molecule has 0 radical (unpaired) electrons. The lowest BCUT2D eigenvalue weighted by Crippen LogP contribution is -2.47. The highest BCUT2D eigenvalue weighted by Gasteiger charge is 2.53. The molecule has 26 heavy (non-hydrogen) atoms. The fraction of sp³-hybridized carbons (Fsp3) is 0.381. The molecule has 4 nitrogen and oxygen atoms in total. The smallest absolute Gasteiger partial charge is 0.246 e. The van der Waals surface area contributed by atoms with E-state index in [4.69, 9.17) is 0 Å². The number of carbonyl (C=O) groups excluding carboxylic acids is 1.